The fraction of sp³-hybridized carbons (Fsp3) is 0.650. The third kappa shape index (κ3) is 3.07. The molecule has 0 N–H and O–H groups in total. The van der Waals surface area contributed by atoms with E-state index in [1.54, 1.807) is 6.92 Å². The number of hydrogen-bond acceptors (Lipinski definition) is 6. The normalized spacial score (nSPS) is 28.9. The predicted molar refractivity (Wildman–Crippen MR) is 103 cm³/mol. The number of halogens is 1. The van der Waals surface area contributed by atoms with Gasteiger partial charge in [-0.05, 0) is 32.1 Å². The molecule has 0 saturated carbocycles. The van der Waals surface area contributed by atoms with Crippen molar-refractivity contribution in [2.75, 3.05) is 26.2 Å². The van der Waals surface area contributed by atoms with Crippen molar-refractivity contribution in [2.24, 2.45) is 21.8 Å². The molecule has 4 heterocycles. The molecule has 0 bridgehead atoms. The summed E-state index contributed by atoms with van der Waals surface area (Å²) in [6, 6.07) is 0. The Hall–Kier alpha value is -2.58. The number of nitrogens with zero attached hydrogens (tertiary/aromatic N) is 5. The van der Waals surface area contributed by atoms with Crippen molar-refractivity contribution in [3.8, 4) is 0 Å². The van der Waals surface area contributed by atoms with Crippen molar-refractivity contribution in [1.29, 1.82) is 0 Å². The number of fused-ring (bicyclic) bond motifs is 2. The van der Waals surface area contributed by atoms with Gasteiger partial charge < -0.3 is 14.3 Å². The standard InChI is InChI=1S/C20H24FN5O3/c1-2-14-16(21)18(27)23-20(22-14)26-9-11-7-25(8-12(11)10-26)19(28)17-13-5-3-4-6-15(13)24-29-17/h11-12,16H,2-10H2,1H3. The third-order valence-electron chi connectivity index (χ3n) is 6.54. The Kier molecular flexibility index (Phi) is 4.48. The molecular formula is C20H24FN5O3. The van der Waals surface area contributed by atoms with Gasteiger partial charge >= 0.3 is 0 Å². The van der Waals surface area contributed by atoms with E-state index >= 15 is 0 Å². The highest BCUT2D eigenvalue weighted by Crippen LogP contribution is 2.34. The van der Waals surface area contributed by atoms with Gasteiger partial charge in [0, 0.05) is 43.6 Å². The summed E-state index contributed by atoms with van der Waals surface area (Å²) in [5.41, 5.74) is 2.15. The summed E-state index contributed by atoms with van der Waals surface area (Å²) in [7, 11) is 0. The minimum absolute atomic E-state index is 0.0710. The van der Waals surface area contributed by atoms with Crippen LogP contribution in [-0.4, -0.2) is 70.8 Å². The SMILES string of the molecule is CCC1=NC(N2CC3CN(C(=O)c4onc5c4CCCC5)CC3C2)=NC(=O)C1F. The highest BCUT2D eigenvalue weighted by molar-refractivity contribution is 6.17. The Bertz CT molecular complexity index is 909. The van der Waals surface area contributed by atoms with E-state index in [0.717, 1.165) is 36.9 Å². The number of rotatable bonds is 2. The van der Waals surface area contributed by atoms with Crippen LogP contribution in [0.3, 0.4) is 0 Å². The van der Waals surface area contributed by atoms with Gasteiger partial charge in [0.1, 0.15) is 0 Å². The second-order valence-corrected chi connectivity index (χ2v) is 8.35. The molecule has 154 valence electrons. The van der Waals surface area contributed by atoms with E-state index in [4.69, 9.17) is 4.52 Å². The molecule has 2 amide bonds. The number of likely N-dealkylation sites (tertiary alicyclic amines) is 2. The van der Waals surface area contributed by atoms with Gasteiger partial charge in [-0.1, -0.05) is 12.1 Å². The summed E-state index contributed by atoms with van der Waals surface area (Å²) < 4.78 is 19.3. The number of guanidine groups is 1. The molecule has 0 spiro atoms. The summed E-state index contributed by atoms with van der Waals surface area (Å²) >= 11 is 0. The smallest absolute Gasteiger partial charge is 0.292 e. The molecule has 9 heteroatoms. The molecule has 3 unspecified atom stereocenters. The molecular weight excluding hydrogens is 377 g/mol. The first kappa shape index (κ1) is 18.4. The van der Waals surface area contributed by atoms with Crippen LogP contribution in [0.4, 0.5) is 4.39 Å². The lowest BCUT2D eigenvalue weighted by molar-refractivity contribution is -0.120. The Balaban J connectivity index is 1.26. The number of aryl methyl sites for hydroxylation is 1. The molecule has 0 radical (unpaired) electrons. The molecule has 2 fully saturated rings. The molecule has 8 nitrogen and oxygen atoms in total. The maximum atomic E-state index is 13.9. The molecule has 3 aliphatic heterocycles. The zero-order chi connectivity index (χ0) is 20.1. The van der Waals surface area contributed by atoms with E-state index in [1.807, 2.05) is 9.80 Å². The molecule has 1 aliphatic carbocycles. The maximum Gasteiger partial charge on any atom is 0.292 e. The van der Waals surface area contributed by atoms with Crippen molar-refractivity contribution < 1.29 is 18.5 Å². The average molecular weight is 401 g/mol. The number of carbonyl (C=O) groups is 2. The average Bonchev–Trinajstić information content (AvgIpc) is 3.42. The minimum Gasteiger partial charge on any atom is -0.350 e. The van der Waals surface area contributed by atoms with Gasteiger partial charge in [0.25, 0.3) is 11.8 Å². The zero-order valence-electron chi connectivity index (χ0n) is 16.4. The van der Waals surface area contributed by atoms with Crippen molar-refractivity contribution in [3.63, 3.8) is 0 Å². The van der Waals surface area contributed by atoms with Crippen molar-refractivity contribution in [1.82, 2.24) is 15.0 Å². The van der Waals surface area contributed by atoms with E-state index in [1.165, 1.54) is 0 Å². The minimum atomic E-state index is -1.72. The van der Waals surface area contributed by atoms with E-state index < -0.39 is 12.1 Å². The fourth-order valence-electron chi connectivity index (χ4n) is 4.93. The molecule has 0 aromatic carbocycles. The molecule has 2 saturated heterocycles. The second-order valence-electron chi connectivity index (χ2n) is 8.35. The lowest BCUT2D eigenvalue weighted by atomic mass is 9.96. The highest BCUT2D eigenvalue weighted by atomic mass is 19.1. The van der Waals surface area contributed by atoms with Gasteiger partial charge in [0.05, 0.1) is 11.4 Å². The topological polar surface area (TPSA) is 91.4 Å². The van der Waals surface area contributed by atoms with Crippen LogP contribution >= 0.6 is 0 Å². The van der Waals surface area contributed by atoms with Crippen LogP contribution in [0.5, 0.6) is 0 Å². The van der Waals surface area contributed by atoms with Crippen LogP contribution in [0.25, 0.3) is 0 Å². The Morgan fingerprint density at radius 1 is 1.14 bits per heavy atom. The monoisotopic (exact) mass is 401 g/mol. The first-order chi connectivity index (χ1) is 14.0. The van der Waals surface area contributed by atoms with Gasteiger partial charge in [-0.15, -0.1) is 0 Å². The third-order valence-corrected chi connectivity index (χ3v) is 6.54. The second kappa shape index (κ2) is 7.03. The van der Waals surface area contributed by atoms with E-state index in [0.29, 0.717) is 44.3 Å². The van der Waals surface area contributed by atoms with Crippen LogP contribution in [0.1, 0.15) is 48.0 Å². The maximum absolute atomic E-state index is 13.9. The first-order valence-electron chi connectivity index (χ1n) is 10.4. The summed E-state index contributed by atoms with van der Waals surface area (Å²) in [6.07, 6.45) is 2.57. The lowest BCUT2D eigenvalue weighted by Gasteiger charge is -2.24. The van der Waals surface area contributed by atoms with Crippen molar-refractivity contribution in [3.05, 3.63) is 17.0 Å². The van der Waals surface area contributed by atoms with Gasteiger partial charge in [0.2, 0.25) is 17.9 Å². The molecule has 4 aliphatic rings. The van der Waals surface area contributed by atoms with Crippen LogP contribution < -0.4 is 0 Å². The van der Waals surface area contributed by atoms with Crippen molar-refractivity contribution >= 4 is 23.5 Å². The first-order valence-corrected chi connectivity index (χ1v) is 10.4. The fourth-order valence-corrected chi connectivity index (χ4v) is 4.93. The molecule has 29 heavy (non-hydrogen) atoms. The number of hydrogen-bond donors (Lipinski definition) is 0. The molecule has 1 aromatic heterocycles. The number of amides is 2. The Labute approximate surface area is 167 Å². The van der Waals surface area contributed by atoms with Gasteiger partial charge in [-0.25, -0.2) is 9.38 Å². The number of aliphatic imine (C=N–C) groups is 2. The van der Waals surface area contributed by atoms with Crippen LogP contribution in [-0.2, 0) is 17.6 Å². The van der Waals surface area contributed by atoms with Crippen LogP contribution in [0.2, 0.25) is 0 Å². The van der Waals surface area contributed by atoms with E-state index in [2.05, 4.69) is 15.1 Å². The zero-order valence-corrected chi connectivity index (χ0v) is 16.4. The number of alkyl halides is 1. The lowest BCUT2D eigenvalue weighted by Crippen LogP contribution is -2.39. The Morgan fingerprint density at radius 2 is 1.86 bits per heavy atom. The van der Waals surface area contributed by atoms with Crippen molar-refractivity contribution in [2.45, 2.75) is 45.2 Å². The Morgan fingerprint density at radius 3 is 2.59 bits per heavy atom. The van der Waals surface area contributed by atoms with Gasteiger partial charge in [0.15, 0.2) is 0 Å². The largest absolute Gasteiger partial charge is 0.350 e. The van der Waals surface area contributed by atoms with Gasteiger partial charge in [-0.2, -0.15) is 4.99 Å². The molecule has 3 atom stereocenters. The summed E-state index contributed by atoms with van der Waals surface area (Å²) in [6.45, 7) is 4.37. The van der Waals surface area contributed by atoms with E-state index in [9.17, 15) is 14.0 Å². The molecule has 1 aromatic rings. The predicted octanol–water partition coefficient (Wildman–Crippen LogP) is 1.64. The van der Waals surface area contributed by atoms with Gasteiger partial charge in [-0.3, -0.25) is 9.59 Å². The van der Waals surface area contributed by atoms with Crippen LogP contribution in [0.15, 0.2) is 14.5 Å². The summed E-state index contributed by atoms with van der Waals surface area (Å²) in [5.74, 6) is 0.439. The highest BCUT2D eigenvalue weighted by Gasteiger charge is 2.44. The quantitative estimate of drug-likeness (QED) is 0.751. The summed E-state index contributed by atoms with van der Waals surface area (Å²) in [5, 5.41) is 4.10. The number of carbonyl (C=O) groups excluding carboxylic acids is 2. The summed E-state index contributed by atoms with van der Waals surface area (Å²) in [4.78, 5) is 36.8. The van der Waals surface area contributed by atoms with E-state index in [-0.39, 0.29) is 23.5 Å². The number of aromatic nitrogens is 1. The van der Waals surface area contributed by atoms with Crippen LogP contribution in [0, 0.1) is 11.8 Å². The molecule has 5 rings (SSSR count).